The lowest BCUT2D eigenvalue weighted by Crippen LogP contribution is -2.23. The lowest BCUT2D eigenvalue weighted by atomic mass is 10.2. The minimum atomic E-state index is -0.524. The summed E-state index contributed by atoms with van der Waals surface area (Å²) in [5.74, 6) is -0.833. The fourth-order valence-corrected chi connectivity index (χ4v) is 2.12. The second-order valence-corrected chi connectivity index (χ2v) is 5.47. The summed E-state index contributed by atoms with van der Waals surface area (Å²) in [6.07, 6.45) is 0. The number of benzene rings is 2. The summed E-state index contributed by atoms with van der Waals surface area (Å²) in [5.41, 5.74) is 7.59. The molecule has 0 radical (unpaired) electrons. The average Bonchev–Trinajstić information content (AvgIpc) is 2.60. The summed E-state index contributed by atoms with van der Waals surface area (Å²) in [7, 11) is 1.68. The highest BCUT2D eigenvalue weighted by molar-refractivity contribution is 5.96. The molecule has 0 spiro atoms. The normalized spacial score (nSPS) is 10.0. The Hall–Kier alpha value is -3.35. The number of nitrogens with one attached hydrogen (secondary N) is 2. The predicted molar refractivity (Wildman–Crippen MR) is 97.6 cm³/mol. The van der Waals surface area contributed by atoms with E-state index in [4.69, 9.17) is 5.73 Å². The third kappa shape index (κ3) is 5.07. The third-order valence-corrected chi connectivity index (χ3v) is 3.61. The summed E-state index contributed by atoms with van der Waals surface area (Å²) >= 11 is 0. The highest BCUT2D eigenvalue weighted by Gasteiger charge is 2.07. The zero-order chi connectivity index (χ0) is 18.4. The van der Waals surface area contributed by atoms with Crippen molar-refractivity contribution in [3.05, 3.63) is 54.1 Å². The number of primary amides is 1. The second kappa shape index (κ2) is 7.96. The molecular weight excluding hydrogens is 320 g/mol. The standard InChI is InChI=1S/C18H20N4O3/c1-12(23)22(2)16-8-6-14(7-9-16)21-17(24)11-20-15-5-3-4-13(10-15)18(19)25/h3-10,20H,11H2,1-2H3,(H2,19,25)(H,21,24). The van der Waals surface area contributed by atoms with Gasteiger partial charge in [0.05, 0.1) is 6.54 Å². The van der Waals surface area contributed by atoms with E-state index >= 15 is 0 Å². The Kier molecular flexibility index (Phi) is 5.73. The van der Waals surface area contributed by atoms with Crippen LogP contribution in [0.25, 0.3) is 0 Å². The van der Waals surface area contributed by atoms with E-state index in [0.29, 0.717) is 16.9 Å². The van der Waals surface area contributed by atoms with Crippen LogP contribution in [-0.2, 0) is 9.59 Å². The summed E-state index contributed by atoms with van der Waals surface area (Å²) < 4.78 is 0. The highest BCUT2D eigenvalue weighted by Crippen LogP contribution is 2.17. The quantitative estimate of drug-likeness (QED) is 0.746. The maximum Gasteiger partial charge on any atom is 0.248 e. The van der Waals surface area contributed by atoms with Crippen molar-refractivity contribution in [3.63, 3.8) is 0 Å². The topological polar surface area (TPSA) is 105 Å². The summed E-state index contributed by atoms with van der Waals surface area (Å²) in [5, 5.41) is 5.68. The van der Waals surface area contributed by atoms with E-state index in [9.17, 15) is 14.4 Å². The van der Waals surface area contributed by atoms with E-state index in [1.807, 2.05) is 0 Å². The number of hydrogen-bond donors (Lipinski definition) is 3. The van der Waals surface area contributed by atoms with E-state index in [2.05, 4.69) is 10.6 Å². The van der Waals surface area contributed by atoms with Crippen LogP contribution in [-0.4, -0.2) is 31.3 Å². The van der Waals surface area contributed by atoms with Crippen molar-refractivity contribution in [3.8, 4) is 0 Å². The molecule has 0 aliphatic carbocycles. The minimum absolute atomic E-state index is 0.0390. The lowest BCUT2D eigenvalue weighted by molar-refractivity contribution is -0.116. The molecule has 0 aromatic heterocycles. The van der Waals surface area contributed by atoms with Crippen LogP contribution in [0.4, 0.5) is 17.1 Å². The molecule has 0 unspecified atom stereocenters. The molecular formula is C18H20N4O3. The van der Waals surface area contributed by atoms with Gasteiger partial charge in [-0.25, -0.2) is 0 Å². The molecule has 4 N–H and O–H groups in total. The van der Waals surface area contributed by atoms with Crippen molar-refractivity contribution >= 4 is 34.8 Å². The van der Waals surface area contributed by atoms with Gasteiger partial charge in [0, 0.05) is 36.6 Å². The predicted octanol–water partition coefficient (Wildman–Crippen LogP) is 1.82. The van der Waals surface area contributed by atoms with Crippen LogP contribution in [0.1, 0.15) is 17.3 Å². The molecule has 7 nitrogen and oxygen atoms in total. The number of anilines is 3. The van der Waals surface area contributed by atoms with Gasteiger partial charge in [-0.2, -0.15) is 0 Å². The first-order chi connectivity index (χ1) is 11.9. The molecule has 3 amide bonds. The van der Waals surface area contributed by atoms with Gasteiger partial charge in [0.15, 0.2) is 0 Å². The van der Waals surface area contributed by atoms with Gasteiger partial charge in [-0.1, -0.05) is 6.07 Å². The van der Waals surface area contributed by atoms with E-state index in [-0.39, 0.29) is 18.4 Å². The molecule has 2 aromatic rings. The lowest BCUT2D eigenvalue weighted by Gasteiger charge is -2.15. The van der Waals surface area contributed by atoms with Gasteiger partial charge in [-0.15, -0.1) is 0 Å². The average molecular weight is 340 g/mol. The first-order valence-corrected chi connectivity index (χ1v) is 7.65. The van der Waals surface area contributed by atoms with Gasteiger partial charge in [0.25, 0.3) is 0 Å². The highest BCUT2D eigenvalue weighted by atomic mass is 16.2. The fraction of sp³-hybridized carbons (Fsp3) is 0.167. The van der Waals surface area contributed by atoms with Crippen molar-refractivity contribution in [2.45, 2.75) is 6.92 Å². The number of rotatable bonds is 6. The third-order valence-electron chi connectivity index (χ3n) is 3.61. The molecule has 0 saturated carbocycles. The van der Waals surface area contributed by atoms with E-state index in [1.165, 1.54) is 11.8 Å². The van der Waals surface area contributed by atoms with E-state index in [1.54, 1.807) is 55.6 Å². The number of carbonyl (C=O) groups is 3. The zero-order valence-electron chi connectivity index (χ0n) is 14.1. The van der Waals surface area contributed by atoms with Crippen LogP contribution in [0, 0.1) is 0 Å². The Labute approximate surface area is 145 Å². The van der Waals surface area contributed by atoms with Crippen LogP contribution in [0.3, 0.4) is 0 Å². The smallest absolute Gasteiger partial charge is 0.248 e. The molecule has 0 fully saturated rings. The first kappa shape index (κ1) is 18.0. The summed E-state index contributed by atoms with van der Waals surface area (Å²) in [4.78, 5) is 36.0. The molecule has 25 heavy (non-hydrogen) atoms. The van der Waals surface area contributed by atoms with Gasteiger partial charge in [-0.3, -0.25) is 14.4 Å². The van der Waals surface area contributed by atoms with Gasteiger partial charge in [0.2, 0.25) is 17.7 Å². The molecule has 0 aliphatic rings. The fourth-order valence-electron chi connectivity index (χ4n) is 2.12. The zero-order valence-corrected chi connectivity index (χ0v) is 14.1. The first-order valence-electron chi connectivity index (χ1n) is 7.65. The minimum Gasteiger partial charge on any atom is -0.376 e. The monoisotopic (exact) mass is 340 g/mol. The van der Waals surface area contributed by atoms with E-state index in [0.717, 1.165) is 5.69 Å². The van der Waals surface area contributed by atoms with Crippen molar-refractivity contribution < 1.29 is 14.4 Å². The Morgan fingerprint density at radius 2 is 1.72 bits per heavy atom. The molecule has 130 valence electrons. The maximum atomic E-state index is 12.0. The largest absolute Gasteiger partial charge is 0.376 e. The number of nitrogens with zero attached hydrogens (tertiary/aromatic N) is 1. The molecule has 0 heterocycles. The van der Waals surface area contributed by atoms with Crippen LogP contribution in [0.5, 0.6) is 0 Å². The Morgan fingerprint density at radius 1 is 1.04 bits per heavy atom. The SMILES string of the molecule is CC(=O)N(C)c1ccc(NC(=O)CNc2cccc(C(N)=O)c2)cc1. The molecule has 0 atom stereocenters. The Morgan fingerprint density at radius 3 is 2.32 bits per heavy atom. The van der Waals surface area contributed by atoms with Crippen LogP contribution >= 0.6 is 0 Å². The van der Waals surface area contributed by atoms with Crippen LogP contribution in [0.15, 0.2) is 48.5 Å². The van der Waals surface area contributed by atoms with Crippen molar-refractivity contribution in [2.24, 2.45) is 5.73 Å². The van der Waals surface area contributed by atoms with E-state index < -0.39 is 5.91 Å². The molecule has 0 aliphatic heterocycles. The van der Waals surface area contributed by atoms with Gasteiger partial charge < -0.3 is 21.3 Å². The molecule has 2 aromatic carbocycles. The summed E-state index contributed by atoms with van der Waals surface area (Å²) in [6.45, 7) is 1.52. The number of amides is 3. The van der Waals surface area contributed by atoms with Gasteiger partial charge >= 0.3 is 0 Å². The number of carbonyl (C=O) groups excluding carboxylic acids is 3. The number of hydrogen-bond acceptors (Lipinski definition) is 4. The number of nitrogens with two attached hydrogens (primary N) is 1. The molecule has 0 bridgehead atoms. The van der Waals surface area contributed by atoms with Crippen LogP contribution in [0.2, 0.25) is 0 Å². The van der Waals surface area contributed by atoms with Crippen molar-refractivity contribution in [1.29, 1.82) is 0 Å². The molecule has 0 saturated heterocycles. The van der Waals surface area contributed by atoms with Crippen molar-refractivity contribution in [1.82, 2.24) is 0 Å². The Balaban J connectivity index is 1.91. The summed E-state index contributed by atoms with van der Waals surface area (Å²) in [6, 6.07) is 13.6. The molecule has 2 rings (SSSR count). The molecule has 7 heteroatoms. The van der Waals surface area contributed by atoms with Gasteiger partial charge in [-0.05, 0) is 42.5 Å². The Bertz CT molecular complexity index is 787. The van der Waals surface area contributed by atoms with Gasteiger partial charge in [0.1, 0.15) is 0 Å². The second-order valence-electron chi connectivity index (χ2n) is 5.47. The van der Waals surface area contributed by atoms with Crippen LogP contribution < -0.4 is 21.3 Å². The van der Waals surface area contributed by atoms with Crippen molar-refractivity contribution in [2.75, 3.05) is 29.1 Å². The maximum absolute atomic E-state index is 12.0.